The molecule has 0 saturated heterocycles. The molecule has 0 aliphatic rings. The van der Waals surface area contributed by atoms with E-state index in [2.05, 4.69) is 10.2 Å². The molecule has 6 heteroatoms. The molecule has 6 nitrogen and oxygen atoms in total. The van der Waals surface area contributed by atoms with E-state index in [0.717, 1.165) is 11.3 Å². The lowest BCUT2D eigenvalue weighted by molar-refractivity contribution is 0.242. The molecule has 0 atom stereocenters. The first-order valence-electron chi connectivity index (χ1n) is 6.18. The van der Waals surface area contributed by atoms with E-state index in [-0.39, 0.29) is 17.5 Å². The lowest BCUT2D eigenvalue weighted by Crippen LogP contribution is -2.24. The van der Waals surface area contributed by atoms with Gasteiger partial charge in [-0.05, 0) is 32.0 Å². The zero-order valence-corrected chi connectivity index (χ0v) is 11.3. The number of nitrogens with two attached hydrogens (primary N) is 1. The Balaban J connectivity index is 2.44. The SMILES string of the molecule is CC(C)Oc1cccc(-c2cc(C(=N)N)c(=O)[nH]n2)c1. The maximum atomic E-state index is 11.5. The van der Waals surface area contributed by atoms with Gasteiger partial charge in [-0.3, -0.25) is 10.2 Å². The van der Waals surface area contributed by atoms with Crippen LogP contribution in [0.4, 0.5) is 0 Å². The summed E-state index contributed by atoms with van der Waals surface area (Å²) in [5.74, 6) is 0.430. The van der Waals surface area contributed by atoms with E-state index in [9.17, 15) is 4.79 Å². The lowest BCUT2D eigenvalue weighted by atomic mass is 10.1. The first kappa shape index (κ1) is 13.8. The Morgan fingerprint density at radius 3 is 2.80 bits per heavy atom. The van der Waals surface area contributed by atoms with Crippen LogP contribution >= 0.6 is 0 Å². The second-order valence-electron chi connectivity index (χ2n) is 4.60. The smallest absolute Gasteiger partial charge is 0.275 e. The number of benzene rings is 1. The Morgan fingerprint density at radius 2 is 2.15 bits per heavy atom. The predicted octanol–water partition coefficient (Wildman–Crippen LogP) is 1.51. The summed E-state index contributed by atoms with van der Waals surface area (Å²) in [5.41, 5.74) is 6.31. The third-order valence-electron chi connectivity index (χ3n) is 2.60. The van der Waals surface area contributed by atoms with Gasteiger partial charge in [0.05, 0.1) is 17.4 Å². The molecule has 0 saturated carbocycles. The van der Waals surface area contributed by atoms with E-state index in [0.29, 0.717) is 5.69 Å². The summed E-state index contributed by atoms with van der Waals surface area (Å²) < 4.78 is 5.61. The molecule has 4 N–H and O–H groups in total. The number of aromatic amines is 1. The number of nitrogen functional groups attached to an aromatic ring is 1. The number of hydrogen-bond donors (Lipinski definition) is 3. The molecule has 1 aromatic carbocycles. The van der Waals surface area contributed by atoms with E-state index >= 15 is 0 Å². The van der Waals surface area contributed by atoms with Gasteiger partial charge in [-0.25, -0.2) is 5.10 Å². The second-order valence-corrected chi connectivity index (χ2v) is 4.60. The van der Waals surface area contributed by atoms with E-state index in [1.54, 1.807) is 0 Å². The van der Waals surface area contributed by atoms with Crippen molar-refractivity contribution in [1.29, 1.82) is 5.41 Å². The number of aromatic nitrogens is 2. The number of nitrogens with zero attached hydrogens (tertiary/aromatic N) is 1. The third-order valence-corrected chi connectivity index (χ3v) is 2.60. The zero-order valence-electron chi connectivity index (χ0n) is 11.3. The molecule has 0 fully saturated rings. The number of amidine groups is 1. The van der Waals surface area contributed by atoms with Gasteiger partial charge in [0.2, 0.25) is 0 Å². The second kappa shape index (κ2) is 5.56. The molecule has 0 amide bonds. The number of hydrogen-bond acceptors (Lipinski definition) is 4. The minimum absolute atomic E-state index is 0.0709. The van der Waals surface area contributed by atoms with Gasteiger partial charge >= 0.3 is 0 Å². The predicted molar refractivity (Wildman–Crippen MR) is 77.1 cm³/mol. The van der Waals surface area contributed by atoms with Crippen molar-refractivity contribution in [2.45, 2.75) is 20.0 Å². The third kappa shape index (κ3) is 3.03. The van der Waals surface area contributed by atoms with Crippen molar-refractivity contribution in [2.75, 3.05) is 0 Å². The number of rotatable bonds is 4. The fourth-order valence-electron chi connectivity index (χ4n) is 1.75. The average Bonchev–Trinajstić information content (AvgIpc) is 2.38. The summed E-state index contributed by atoms with van der Waals surface area (Å²) in [6.45, 7) is 3.89. The van der Waals surface area contributed by atoms with Crippen molar-refractivity contribution in [2.24, 2.45) is 5.73 Å². The molecule has 2 rings (SSSR count). The van der Waals surface area contributed by atoms with Crippen LogP contribution in [0.25, 0.3) is 11.3 Å². The highest BCUT2D eigenvalue weighted by Gasteiger charge is 2.08. The molecule has 1 aromatic heterocycles. The highest BCUT2D eigenvalue weighted by atomic mass is 16.5. The van der Waals surface area contributed by atoms with Crippen LogP contribution in [0.3, 0.4) is 0 Å². The van der Waals surface area contributed by atoms with Crippen LogP contribution < -0.4 is 16.0 Å². The molecule has 1 heterocycles. The van der Waals surface area contributed by atoms with Gasteiger partial charge in [0, 0.05) is 5.56 Å². The van der Waals surface area contributed by atoms with E-state index in [1.807, 2.05) is 38.1 Å². The minimum Gasteiger partial charge on any atom is -0.491 e. The van der Waals surface area contributed by atoms with Gasteiger partial charge in [-0.15, -0.1) is 0 Å². The fourth-order valence-corrected chi connectivity index (χ4v) is 1.75. The molecule has 20 heavy (non-hydrogen) atoms. The molecule has 104 valence electrons. The molecule has 0 aliphatic heterocycles. The van der Waals surface area contributed by atoms with Crippen molar-refractivity contribution in [1.82, 2.24) is 10.2 Å². The van der Waals surface area contributed by atoms with Crippen LogP contribution in [0, 0.1) is 5.41 Å². The maximum absolute atomic E-state index is 11.5. The molecular weight excluding hydrogens is 256 g/mol. The number of H-pyrrole nitrogens is 1. The van der Waals surface area contributed by atoms with E-state index < -0.39 is 5.56 Å². The van der Waals surface area contributed by atoms with Crippen LogP contribution in [0.2, 0.25) is 0 Å². The van der Waals surface area contributed by atoms with Gasteiger partial charge in [0.25, 0.3) is 5.56 Å². The first-order chi connectivity index (χ1) is 9.47. The minimum atomic E-state index is -0.476. The Morgan fingerprint density at radius 1 is 1.40 bits per heavy atom. The molecule has 0 radical (unpaired) electrons. The van der Waals surface area contributed by atoms with Crippen molar-refractivity contribution in [3.63, 3.8) is 0 Å². The van der Waals surface area contributed by atoms with Crippen LogP contribution in [-0.2, 0) is 0 Å². The Bertz CT molecular complexity index is 692. The quantitative estimate of drug-likeness (QED) is 0.579. The monoisotopic (exact) mass is 272 g/mol. The topological polar surface area (TPSA) is 105 Å². The first-order valence-corrected chi connectivity index (χ1v) is 6.18. The average molecular weight is 272 g/mol. The maximum Gasteiger partial charge on any atom is 0.275 e. The highest BCUT2D eigenvalue weighted by molar-refractivity contribution is 5.95. The van der Waals surface area contributed by atoms with Gasteiger partial charge < -0.3 is 10.5 Å². The largest absolute Gasteiger partial charge is 0.491 e. The van der Waals surface area contributed by atoms with E-state index in [4.69, 9.17) is 15.9 Å². The molecular formula is C14H16N4O2. The van der Waals surface area contributed by atoms with Gasteiger partial charge in [-0.1, -0.05) is 12.1 Å². The lowest BCUT2D eigenvalue weighted by Gasteiger charge is -2.10. The van der Waals surface area contributed by atoms with Gasteiger partial charge in [0.1, 0.15) is 11.6 Å². The molecule has 0 aliphatic carbocycles. The van der Waals surface area contributed by atoms with Crippen LogP contribution in [0.5, 0.6) is 5.75 Å². The molecule has 0 spiro atoms. The Kier molecular flexibility index (Phi) is 3.84. The van der Waals surface area contributed by atoms with Crippen LogP contribution in [0.1, 0.15) is 19.4 Å². The Labute approximate surface area is 116 Å². The molecule has 0 bridgehead atoms. The summed E-state index contributed by atoms with van der Waals surface area (Å²) in [7, 11) is 0. The highest BCUT2D eigenvalue weighted by Crippen LogP contribution is 2.22. The normalized spacial score (nSPS) is 10.6. The Hall–Kier alpha value is -2.63. The summed E-state index contributed by atoms with van der Waals surface area (Å²) in [4.78, 5) is 11.5. The van der Waals surface area contributed by atoms with Crippen molar-refractivity contribution >= 4 is 5.84 Å². The summed E-state index contributed by atoms with van der Waals surface area (Å²) >= 11 is 0. The van der Waals surface area contributed by atoms with Crippen molar-refractivity contribution in [3.05, 3.63) is 46.2 Å². The summed E-state index contributed by atoms with van der Waals surface area (Å²) in [6, 6.07) is 8.85. The van der Waals surface area contributed by atoms with Crippen LogP contribution in [-0.4, -0.2) is 22.1 Å². The van der Waals surface area contributed by atoms with E-state index in [1.165, 1.54) is 6.07 Å². The molecule has 0 unspecified atom stereocenters. The molecule has 2 aromatic rings. The standard InChI is InChI=1S/C14H16N4O2/c1-8(2)20-10-5-3-4-9(6-10)12-7-11(13(15)16)14(19)18-17-12/h3-8H,1-2H3,(H3,15,16)(H,18,19). The van der Waals surface area contributed by atoms with Crippen LogP contribution in [0.15, 0.2) is 35.1 Å². The van der Waals surface area contributed by atoms with Crippen molar-refractivity contribution in [3.8, 4) is 17.0 Å². The summed E-state index contributed by atoms with van der Waals surface area (Å²) in [6.07, 6.45) is 0.0709. The van der Waals surface area contributed by atoms with Gasteiger partial charge in [0.15, 0.2) is 0 Å². The number of nitrogens with one attached hydrogen (secondary N) is 2. The van der Waals surface area contributed by atoms with Crippen molar-refractivity contribution < 1.29 is 4.74 Å². The zero-order chi connectivity index (χ0) is 14.7. The van der Waals surface area contributed by atoms with Gasteiger partial charge in [-0.2, -0.15) is 5.10 Å². The summed E-state index contributed by atoms with van der Waals surface area (Å²) in [5, 5.41) is 13.7. The fraction of sp³-hybridized carbons (Fsp3) is 0.214. The number of ether oxygens (including phenoxy) is 1.